The molecule has 0 saturated heterocycles. The first-order valence-corrected chi connectivity index (χ1v) is 5.93. The molecule has 0 amide bonds. The van der Waals surface area contributed by atoms with Crippen molar-refractivity contribution in [2.75, 3.05) is 33.9 Å². The van der Waals surface area contributed by atoms with Crippen molar-refractivity contribution in [1.82, 2.24) is 4.90 Å². The summed E-state index contributed by atoms with van der Waals surface area (Å²) in [6.45, 7) is 2.82. The molecule has 0 radical (unpaired) electrons. The number of hydrogen-bond donors (Lipinski definition) is 2. The van der Waals surface area contributed by atoms with E-state index < -0.39 is 19.7 Å². The molecule has 0 fully saturated rings. The highest BCUT2D eigenvalue weighted by Crippen LogP contribution is 2.33. The van der Waals surface area contributed by atoms with Crippen LogP contribution < -0.4 is 0 Å². The van der Waals surface area contributed by atoms with Crippen LogP contribution in [0.5, 0.6) is 0 Å². The maximum absolute atomic E-state index is 10.3. The lowest BCUT2D eigenvalue weighted by molar-refractivity contribution is -0.137. The van der Waals surface area contributed by atoms with Crippen LogP contribution in [0.1, 0.15) is 0 Å². The average molecular weight is 239 g/mol. The summed E-state index contributed by atoms with van der Waals surface area (Å²) in [7, 11) is 1.96. The van der Waals surface area contributed by atoms with E-state index in [0.717, 1.165) is 6.08 Å². The number of ether oxygens (including phenoxy) is 1. The Labute approximate surface area is 89.7 Å². The van der Waals surface area contributed by atoms with Crippen LogP contribution in [0.25, 0.3) is 0 Å². The summed E-state index contributed by atoms with van der Waals surface area (Å²) >= 11 is 0. The van der Waals surface area contributed by atoms with Gasteiger partial charge in [-0.15, -0.1) is 0 Å². The minimum atomic E-state index is -4.04. The Kier molecular flexibility index (Phi) is 9.61. The predicted octanol–water partition coefficient (Wildman–Crippen LogP) is 0.0711. The van der Waals surface area contributed by atoms with Crippen LogP contribution in [-0.2, 0) is 14.1 Å². The van der Waals surface area contributed by atoms with Crippen molar-refractivity contribution in [3.05, 3.63) is 12.7 Å². The fourth-order valence-corrected chi connectivity index (χ4v) is 0.653. The standard InChI is InChI=1S/C5H9O5P.C3H9N/c1-2-5(6)10-3-4-11(7,8)9;1-4(2)3/h2H,1,3-4H2,(H2,7,8,9);1-3H3. The van der Waals surface area contributed by atoms with Crippen LogP contribution in [0, 0.1) is 0 Å². The van der Waals surface area contributed by atoms with Crippen molar-refractivity contribution < 1.29 is 23.9 Å². The lowest BCUT2D eigenvalue weighted by Gasteiger charge is -2.02. The molecule has 2 N–H and O–H groups in total. The molecule has 0 unspecified atom stereocenters. The zero-order chi connectivity index (χ0) is 12.5. The van der Waals surface area contributed by atoms with Crippen molar-refractivity contribution in [3.8, 4) is 0 Å². The number of nitrogens with zero attached hydrogens (tertiary/aromatic N) is 1. The normalized spacial score (nSPS) is 10.3. The third-order valence-electron chi connectivity index (χ3n) is 0.794. The average Bonchev–Trinajstić information content (AvgIpc) is 2.00. The highest BCUT2D eigenvalue weighted by Gasteiger charge is 2.12. The second-order valence-corrected chi connectivity index (χ2v) is 4.88. The van der Waals surface area contributed by atoms with Gasteiger partial charge in [-0.05, 0) is 21.1 Å². The van der Waals surface area contributed by atoms with Gasteiger partial charge in [-0.3, -0.25) is 4.57 Å². The van der Waals surface area contributed by atoms with Gasteiger partial charge < -0.3 is 19.4 Å². The molecule has 15 heavy (non-hydrogen) atoms. The SMILES string of the molecule is C=CC(=O)OCCP(=O)(O)O.CN(C)C. The zero-order valence-electron chi connectivity index (χ0n) is 9.21. The van der Waals surface area contributed by atoms with E-state index in [2.05, 4.69) is 11.3 Å². The molecule has 0 aromatic heterocycles. The molecule has 0 aliphatic heterocycles. The monoisotopic (exact) mass is 239 g/mol. The van der Waals surface area contributed by atoms with Gasteiger partial charge in [-0.2, -0.15) is 0 Å². The van der Waals surface area contributed by atoms with Gasteiger partial charge in [-0.1, -0.05) is 6.58 Å². The van der Waals surface area contributed by atoms with Crippen molar-refractivity contribution in [1.29, 1.82) is 0 Å². The predicted molar refractivity (Wildman–Crippen MR) is 57.7 cm³/mol. The van der Waals surface area contributed by atoms with Crippen LogP contribution in [-0.4, -0.2) is 54.6 Å². The van der Waals surface area contributed by atoms with Gasteiger partial charge in [0.2, 0.25) is 0 Å². The first-order chi connectivity index (χ1) is 6.69. The smallest absolute Gasteiger partial charge is 0.330 e. The number of esters is 1. The third kappa shape index (κ3) is 24.7. The van der Waals surface area contributed by atoms with Crippen LogP contribution in [0.4, 0.5) is 0 Å². The summed E-state index contributed by atoms with van der Waals surface area (Å²) in [6, 6.07) is 0. The summed E-state index contributed by atoms with van der Waals surface area (Å²) in [5.41, 5.74) is 0. The van der Waals surface area contributed by atoms with Gasteiger partial charge in [0.25, 0.3) is 0 Å². The van der Waals surface area contributed by atoms with Crippen molar-refractivity contribution >= 4 is 13.6 Å². The maximum Gasteiger partial charge on any atom is 0.330 e. The summed E-state index contributed by atoms with van der Waals surface area (Å²) < 4.78 is 14.5. The molecule has 6 nitrogen and oxygen atoms in total. The number of rotatable bonds is 4. The Hall–Kier alpha value is -0.680. The van der Waals surface area contributed by atoms with Gasteiger partial charge in [0.1, 0.15) is 6.61 Å². The van der Waals surface area contributed by atoms with E-state index in [0.29, 0.717) is 0 Å². The molecular formula is C8H18NO5P. The zero-order valence-corrected chi connectivity index (χ0v) is 10.1. The molecule has 7 heteroatoms. The molecule has 0 aromatic carbocycles. The van der Waals surface area contributed by atoms with E-state index in [-0.39, 0.29) is 6.61 Å². The molecule has 0 bridgehead atoms. The van der Waals surface area contributed by atoms with E-state index >= 15 is 0 Å². The Morgan fingerprint density at radius 1 is 1.47 bits per heavy atom. The molecule has 0 atom stereocenters. The van der Waals surface area contributed by atoms with Crippen LogP contribution in [0.15, 0.2) is 12.7 Å². The first-order valence-electron chi connectivity index (χ1n) is 4.13. The fourth-order valence-electron chi connectivity index (χ4n) is 0.324. The van der Waals surface area contributed by atoms with Crippen molar-refractivity contribution in [3.63, 3.8) is 0 Å². The molecule has 0 aliphatic carbocycles. The van der Waals surface area contributed by atoms with E-state index in [9.17, 15) is 9.36 Å². The van der Waals surface area contributed by atoms with E-state index in [1.54, 1.807) is 0 Å². The minimum Gasteiger partial charge on any atom is -0.462 e. The van der Waals surface area contributed by atoms with E-state index in [1.165, 1.54) is 0 Å². The number of carbonyl (C=O) groups is 1. The molecule has 0 aliphatic rings. The summed E-state index contributed by atoms with van der Waals surface area (Å²) in [6.07, 6.45) is 0.478. The fraction of sp³-hybridized carbons (Fsp3) is 0.625. The summed E-state index contributed by atoms with van der Waals surface area (Å²) in [5, 5.41) is 0. The van der Waals surface area contributed by atoms with Gasteiger partial charge in [0, 0.05) is 6.08 Å². The molecule has 0 rings (SSSR count). The third-order valence-corrected chi connectivity index (χ3v) is 1.56. The van der Waals surface area contributed by atoms with E-state index in [4.69, 9.17) is 9.79 Å². The quantitative estimate of drug-likeness (QED) is 0.410. The topological polar surface area (TPSA) is 87.1 Å². The largest absolute Gasteiger partial charge is 0.462 e. The Bertz CT molecular complexity index is 232. The second-order valence-electron chi connectivity index (χ2n) is 3.10. The Morgan fingerprint density at radius 2 is 1.87 bits per heavy atom. The van der Waals surface area contributed by atoms with Gasteiger partial charge in [0.05, 0.1) is 6.16 Å². The first kappa shape index (κ1) is 16.7. The van der Waals surface area contributed by atoms with E-state index in [1.807, 2.05) is 26.0 Å². The van der Waals surface area contributed by atoms with Gasteiger partial charge >= 0.3 is 13.6 Å². The molecule has 0 spiro atoms. The van der Waals surface area contributed by atoms with Gasteiger partial charge in [0.15, 0.2) is 0 Å². The number of carbonyl (C=O) groups excluding carboxylic acids is 1. The van der Waals surface area contributed by atoms with Crippen molar-refractivity contribution in [2.45, 2.75) is 0 Å². The maximum atomic E-state index is 10.3. The van der Waals surface area contributed by atoms with Crippen molar-refractivity contribution in [2.24, 2.45) is 0 Å². The Balaban J connectivity index is 0. The lowest BCUT2D eigenvalue weighted by atomic mass is 10.6. The highest BCUT2D eigenvalue weighted by molar-refractivity contribution is 7.51. The molecule has 0 aromatic rings. The summed E-state index contributed by atoms with van der Waals surface area (Å²) in [4.78, 5) is 28.9. The summed E-state index contributed by atoms with van der Waals surface area (Å²) in [5.74, 6) is -0.682. The molecular weight excluding hydrogens is 221 g/mol. The minimum absolute atomic E-state index is 0.283. The van der Waals surface area contributed by atoms with Crippen LogP contribution >= 0.6 is 7.60 Å². The molecule has 0 heterocycles. The lowest BCUT2D eigenvalue weighted by Crippen LogP contribution is -2.05. The van der Waals surface area contributed by atoms with Gasteiger partial charge in [-0.25, -0.2) is 4.79 Å². The Morgan fingerprint density at radius 3 is 2.13 bits per heavy atom. The molecule has 0 saturated carbocycles. The second kappa shape index (κ2) is 8.61. The van der Waals surface area contributed by atoms with Crippen LogP contribution in [0.2, 0.25) is 0 Å². The van der Waals surface area contributed by atoms with Crippen LogP contribution in [0.3, 0.4) is 0 Å². The number of hydrogen-bond acceptors (Lipinski definition) is 4. The highest BCUT2D eigenvalue weighted by atomic mass is 31.2. The molecule has 90 valence electrons.